The van der Waals surface area contributed by atoms with Gasteiger partial charge in [0.2, 0.25) is 5.88 Å². The fourth-order valence-electron chi connectivity index (χ4n) is 2.98. The lowest BCUT2D eigenvalue weighted by molar-refractivity contribution is -0.384. The maximum atomic E-state index is 12.3. The lowest BCUT2D eigenvalue weighted by atomic mass is 10.2. The minimum Gasteiger partial charge on any atom is -0.497 e. The predicted octanol–water partition coefficient (Wildman–Crippen LogP) is 4.99. The average Bonchev–Trinajstić information content (AvgIpc) is 3.00. The number of unbranched alkanes of at least 4 members (excludes halogenated alkanes) is 1. The number of rotatable bonds is 7. The topological polar surface area (TPSA) is 119 Å². The summed E-state index contributed by atoms with van der Waals surface area (Å²) in [4.78, 5) is 22.6. The molecule has 3 rings (SSSR count). The number of hydrogen-bond acceptors (Lipinski definition) is 6. The number of aryl methyl sites for hydroxylation is 1. The third kappa shape index (κ3) is 4.08. The Morgan fingerprint density at radius 2 is 2.07 bits per heavy atom. The molecule has 2 aromatic carbocycles. The van der Waals surface area contributed by atoms with Crippen LogP contribution >= 0.6 is 0 Å². The van der Waals surface area contributed by atoms with Crippen LogP contribution in [0.1, 0.15) is 30.1 Å². The zero-order chi connectivity index (χ0) is 21.0. The Morgan fingerprint density at radius 1 is 1.28 bits per heavy atom. The molecule has 1 amide bonds. The van der Waals surface area contributed by atoms with E-state index < -0.39 is 10.8 Å². The minimum absolute atomic E-state index is 0.0368. The third-order valence-electron chi connectivity index (χ3n) is 4.50. The predicted molar refractivity (Wildman–Crippen MR) is 107 cm³/mol. The number of benzene rings is 2. The van der Waals surface area contributed by atoms with Crippen LogP contribution in [-0.2, 0) is 6.54 Å². The van der Waals surface area contributed by atoms with E-state index in [0.717, 1.165) is 24.4 Å². The standard InChI is InChI=1S/C20H20N4O5/c1-3-4-10-23-17-9-8-15(29-2)12-16(17)18(20(23)26)21-22-19(25)13-6-5-7-14(11-13)24(27)28/h5-9,11-12,26H,3-4,10H2,1-2H3. The molecule has 0 aliphatic rings. The second-order valence-electron chi connectivity index (χ2n) is 6.37. The van der Waals surface area contributed by atoms with Gasteiger partial charge in [-0.2, -0.15) is 0 Å². The molecule has 0 atom stereocenters. The molecular formula is C20H20N4O5. The molecule has 0 bridgehead atoms. The highest BCUT2D eigenvalue weighted by atomic mass is 16.6. The van der Waals surface area contributed by atoms with E-state index >= 15 is 0 Å². The van der Waals surface area contributed by atoms with Crippen molar-refractivity contribution in [3.05, 3.63) is 58.1 Å². The summed E-state index contributed by atoms with van der Waals surface area (Å²) in [5.41, 5.74) is 0.715. The quantitative estimate of drug-likeness (QED) is 0.343. The van der Waals surface area contributed by atoms with E-state index in [4.69, 9.17) is 4.74 Å². The van der Waals surface area contributed by atoms with Crippen molar-refractivity contribution in [2.45, 2.75) is 26.3 Å². The molecule has 9 nitrogen and oxygen atoms in total. The normalized spacial score (nSPS) is 11.2. The van der Waals surface area contributed by atoms with Gasteiger partial charge in [-0.25, -0.2) is 0 Å². The van der Waals surface area contributed by atoms with E-state index in [1.165, 1.54) is 25.3 Å². The number of azo groups is 1. The van der Waals surface area contributed by atoms with Crippen LogP contribution in [0.3, 0.4) is 0 Å². The molecule has 0 fully saturated rings. The third-order valence-corrected chi connectivity index (χ3v) is 4.50. The Hall–Kier alpha value is -3.75. The molecule has 1 N–H and O–H groups in total. The molecule has 0 unspecified atom stereocenters. The first kappa shape index (κ1) is 20.0. The summed E-state index contributed by atoms with van der Waals surface area (Å²) < 4.78 is 6.96. The lowest BCUT2D eigenvalue weighted by Crippen LogP contribution is -1.96. The molecule has 1 heterocycles. The first-order chi connectivity index (χ1) is 14.0. The van der Waals surface area contributed by atoms with Crippen LogP contribution in [0.4, 0.5) is 11.4 Å². The molecule has 3 aromatic rings. The van der Waals surface area contributed by atoms with E-state index in [1.807, 2.05) is 13.0 Å². The number of carbonyl (C=O) groups is 1. The van der Waals surface area contributed by atoms with E-state index in [0.29, 0.717) is 17.7 Å². The molecule has 0 aliphatic heterocycles. The average molecular weight is 396 g/mol. The smallest absolute Gasteiger partial charge is 0.295 e. The highest BCUT2D eigenvalue weighted by molar-refractivity contribution is 5.98. The number of non-ortho nitro benzene ring substituents is 1. The molecule has 150 valence electrons. The highest BCUT2D eigenvalue weighted by Gasteiger charge is 2.18. The van der Waals surface area contributed by atoms with Gasteiger partial charge in [0.25, 0.3) is 11.6 Å². The number of nitrogens with zero attached hydrogens (tertiary/aromatic N) is 4. The van der Waals surface area contributed by atoms with Gasteiger partial charge < -0.3 is 14.4 Å². The molecule has 1 aromatic heterocycles. The number of ether oxygens (including phenoxy) is 1. The van der Waals surface area contributed by atoms with Crippen LogP contribution in [0.5, 0.6) is 11.6 Å². The number of nitro groups is 1. The van der Waals surface area contributed by atoms with E-state index in [9.17, 15) is 20.0 Å². The van der Waals surface area contributed by atoms with Crippen LogP contribution in [0.25, 0.3) is 10.9 Å². The zero-order valence-electron chi connectivity index (χ0n) is 16.0. The van der Waals surface area contributed by atoms with Crippen LogP contribution in [0.2, 0.25) is 0 Å². The molecule has 9 heteroatoms. The second kappa shape index (κ2) is 8.51. The molecular weight excluding hydrogens is 376 g/mol. The van der Waals surface area contributed by atoms with Crippen LogP contribution in [-0.4, -0.2) is 27.6 Å². The number of nitro benzene ring substituents is 1. The molecule has 0 saturated heterocycles. The minimum atomic E-state index is -0.745. The number of carbonyl (C=O) groups excluding carboxylic acids is 1. The number of aromatic hydroxyl groups is 1. The van der Waals surface area contributed by atoms with Gasteiger partial charge in [0.1, 0.15) is 5.75 Å². The first-order valence-electron chi connectivity index (χ1n) is 9.06. The van der Waals surface area contributed by atoms with Gasteiger partial charge in [0, 0.05) is 24.1 Å². The SMILES string of the molecule is CCCCn1c(O)c(N=NC(=O)c2cccc([N+](=O)[O-])c2)c2cc(OC)ccc21. The summed E-state index contributed by atoms with van der Waals surface area (Å²) in [6.45, 7) is 2.63. The number of fused-ring (bicyclic) bond motifs is 1. The van der Waals surface area contributed by atoms with Crippen molar-refractivity contribution in [3.8, 4) is 11.6 Å². The Morgan fingerprint density at radius 3 is 2.76 bits per heavy atom. The van der Waals surface area contributed by atoms with E-state index in [1.54, 1.807) is 16.7 Å². The largest absolute Gasteiger partial charge is 0.497 e. The fourth-order valence-corrected chi connectivity index (χ4v) is 2.98. The zero-order valence-corrected chi connectivity index (χ0v) is 16.0. The summed E-state index contributed by atoms with van der Waals surface area (Å²) in [6.07, 6.45) is 1.80. The molecule has 29 heavy (non-hydrogen) atoms. The van der Waals surface area contributed by atoms with Gasteiger partial charge >= 0.3 is 0 Å². The van der Waals surface area contributed by atoms with Gasteiger partial charge in [0.15, 0.2) is 5.69 Å². The summed E-state index contributed by atoms with van der Waals surface area (Å²) in [5.74, 6) is -0.269. The van der Waals surface area contributed by atoms with Crippen LogP contribution in [0.15, 0.2) is 52.7 Å². The van der Waals surface area contributed by atoms with Crippen molar-refractivity contribution >= 4 is 28.2 Å². The molecule has 0 aliphatic carbocycles. The number of methoxy groups -OCH3 is 1. The first-order valence-corrected chi connectivity index (χ1v) is 9.06. The van der Waals surface area contributed by atoms with Gasteiger partial charge in [-0.1, -0.05) is 19.4 Å². The van der Waals surface area contributed by atoms with Crippen molar-refractivity contribution in [2.24, 2.45) is 10.2 Å². The Kier molecular flexibility index (Phi) is 5.87. The maximum Gasteiger partial charge on any atom is 0.295 e. The summed E-state index contributed by atoms with van der Waals surface area (Å²) >= 11 is 0. The van der Waals surface area contributed by atoms with Crippen molar-refractivity contribution in [1.29, 1.82) is 0 Å². The van der Waals surface area contributed by atoms with Crippen molar-refractivity contribution < 1.29 is 19.6 Å². The Labute approximate surface area is 166 Å². The number of amides is 1. The lowest BCUT2D eigenvalue weighted by Gasteiger charge is -2.05. The van der Waals surface area contributed by atoms with Crippen LogP contribution in [0, 0.1) is 10.1 Å². The fraction of sp³-hybridized carbons (Fsp3) is 0.250. The molecule has 0 radical (unpaired) electrons. The number of hydrogen-bond donors (Lipinski definition) is 1. The molecule has 0 spiro atoms. The maximum absolute atomic E-state index is 12.3. The van der Waals surface area contributed by atoms with E-state index in [-0.39, 0.29) is 22.8 Å². The van der Waals surface area contributed by atoms with Crippen LogP contribution < -0.4 is 4.74 Å². The van der Waals surface area contributed by atoms with Gasteiger partial charge in [-0.15, -0.1) is 10.2 Å². The van der Waals surface area contributed by atoms with Crippen molar-refractivity contribution in [2.75, 3.05) is 7.11 Å². The van der Waals surface area contributed by atoms with Crippen molar-refractivity contribution in [3.63, 3.8) is 0 Å². The Bertz CT molecular complexity index is 1100. The van der Waals surface area contributed by atoms with Gasteiger partial charge in [-0.3, -0.25) is 14.9 Å². The second-order valence-corrected chi connectivity index (χ2v) is 6.37. The Balaban J connectivity index is 2.02. The summed E-state index contributed by atoms with van der Waals surface area (Å²) in [7, 11) is 1.53. The monoisotopic (exact) mass is 396 g/mol. The van der Waals surface area contributed by atoms with Crippen molar-refractivity contribution in [1.82, 2.24) is 4.57 Å². The van der Waals surface area contributed by atoms with Gasteiger partial charge in [-0.05, 0) is 30.7 Å². The van der Waals surface area contributed by atoms with E-state index in [2.05, 4.69) is 10.2 Å². The summed E-state index contributed by atoms with van der Waals surface area (Å²) in [5, 5.41) is 29.8. The number of aromatic nitrogens is 1. The molecule has 0 saturated carbocycles. The summed E-state index contributed by atoms with van der Waals surface area (Å²) in [6, 6.07) is 10.5. The van der Waals surface area contributed by atoms with Gasteiger partial charge in [0.05, 0.1) is 23.1 Å². The highest BCUT2D eigenvalue weighted by Crippen LogP contribution is 2.40.